The lowest BCUT2D eigenvalue weighted by atomic mass is 9.92. The minimum atomic E-state index is 0.366. The molecule has 1 saturated heterocycles. The average Bonchev–Trinajstić information content (AvgIpc) is 2.85. The van der Waals surface area contributed by atoms with Crippen LogP contribution in [-0.4, -0.2) is 33.6 Å². The first-order chi connectivity index (χ1) is 10.2. The van der Waals surface area contributed by atoms with Gasteiger partial charge in [0.1, 0.15) is 11.3 Å². The SMILES string of the molecule is CC(C1CCOCC1)n1c(CCCl)nc2cc(Br)cnc21. The number of alkyl halides is 1. The van der Waals surface area contributed by atoms with Crippen LogP contribution in [0.25, 0.3) is 11.2 Å². The lowest BCUT2D eigenvalue weighted by molar-refractivity contribution is 0.0514. The lowest BCUT2D eigenvalue weighted by Crippen LogP contribution is -2.25. The van der Waals surface area contributed by atoms with Gasteiger partial charge in [-0.15, -0.1) is 11.6 Å². The molecule has 1 unspecified atom stereocenters. The molecule has 0 radical (unpaired) electrons. The highest BCUT2D eigenvalue weighted by atomic mass is 79.9. The first-order valence-electron chi connectivity index (χ1n) is 7.36. The Morgan fingerprint density at radius 2 is 2.24 bits per heavy atom. The van der Waals surface area contributed by atoms with Crippen molar-refractivity contribution >= 4 is 38.7 Å². The van der Waals surface area contributed by atoms with Gasteiger partial charge in [-0.3, -0.25) is 0 Å². The molecule has 0 aliphatic carbocycles. The Morgan fingerprint density at radius 1 is 1.48 bits per heavy atom. The first kappa shape index (κ1) is 15.3. The summed E-state index contributed by atoms with van der Waals surface area (Å²) < 4.78 is 8.71. The summed E-state index contributed by atoms with van der Waals surface area (Å²) in [6, 6.07) is 2.39. The maximum absolute atomic E-state index is 5.95. The number of hydrogen-bond donors (Lipinski definition) is 0. The fourth-order valence-electron chi connectivity index (χ4n) is 3.10. The third kappa shape index (κ3) is 3.10. The molecule has 0 amide bonds. The van der Waals surface area contributed by atoms with Gasteiger partial charge in [0, 0.05) is 42.2 Å². The minimum Gasteiger partial charge on any atom is -0.381 e. The summed E-state index contributed by atoms with van der Waals surface area (Å²) in [6.45, 7) is 3.97. The Labute approximate surface area is 138 Å². The molecule has 4 nitrogen and oxygen atoms in total. The maximum atomic E-state index is 5.95. The van der Waals surface area contributed by atoms with E-state index in [0.717, 1.165) is 53.9 Å². The van der Waals surface area contributed by atoms with E-state index in [2.05, 4.69) is 32.4 Å². The molecule has 0 spiro atoms. The molecule has 2 aromatic heterocycles. The highest BCUT2D eigenvalue weighted by Crippen LogP contribution is 2.31. The largest absolute Gasteiger partial charge is 0.381 e. The maximum Gasteiger partial charge on any atom is 0.160 e. The second-order valence-corrected chi connectivity index (χ2v) is 6.82. The van der Waals surface area contributed by atoms with E-state index in [9.17, 15) is 0 Å². The summed E-state index contributed by atoms with van der Waals surface area (Å²) in [5.41, 5.74) is 1.89. The van der Waals surface area contributed by atoms with E-state index in [-0.39, 0.29) is 0 Å². The Morgan fingerprint density at radius 3 is 2.95 bits per heavy atom. The summed E-state index contributed by atoms with van der Waals surface area (Å²) >= 11 is 9.42. The van der Waals surface area contributed by atoms with Crippen LogP contribution in [0.2, 0.25) is 0 Å². The number of nitrogens with zero attached hydrogens (tertiary/aromatic N) is 3. The van der Waals surface area contributed by atoms with Gasteiger partial charge >= 0.3 is 0 Å². The van der Waals surface area contributed by atoms with Crippen molar-refractivity contribution in [2.24, 2.45) is 5.92 Å². The zero-order valence-corrected chi connectivity index (χ0v) is 14.4. The number of aromatic nitrogens is 3. The summed E-state index contributed by atoms with van der Waals surface area (Å²) in [7, 11) is 0. The van der Waals surface area contributed by atoms with Crippen molar-refractivity contribution in [1.29, 1.82) is 0 Å². The quantitative estimate of drug-likeness (QED) is 0.763. The predicted molar refractivity (Wildman–Crippen MR) is 87.9 cm³/mol. The highest BCUT2D eigenvalue weighted by molar-refractivity contribution is 9.10. The molecule has 114 valence electrons. The van der Waals surface area contributed by atoms with Gasteiger partial charge in [-0.1, -0.05) is 0 Å². The normalized spacial score (nSPS) is 18.2. The molecule has 3 rings (SSSR count). The molecule has 1 aliphatic heterocycles. The number of rotatable bonds is 4. The van der Waals surface area contributed by atoms with Crippen LogP contribution >= 0.6 is 27.5 Å². The molecule has 3 heterocycles. The van der Waals surface area contributed by atoms with E-state index in [1.807, 2.05) is 12.3 Å². The Hall–Kier alpha value is -0.650. The standard InChI is InChI=1S/C15H19BrClN3O/c1-10(11-3-6-21-7-4-11)20-14(2-5-17)19-13-8-12(16)9-18-15(13)20/h8-11H,2-7H2,1H3. The van der Waals surface area contributed by atoms with E-state index < -0.39 is 0 Å². The monoisotopic (exact) mass is 371 g/mol. The van der Waals surface area contributed by atoms with Crippen molar-refractivity contribution < 1.29 is 4.74 Å². The number of hydrogen-bond acceptors (Lipinski definition) is 3. The smallest absolute Gasteiger partial charge is 0.160 e. The molecule has 1 aliphatic rings. The van der Waals surface area contributed by atoms with Gasteiger partial charge in [-0.05, 0) is 47.7 Å². The first-order valence-corrected chi connectivity index (χ1v) is 8.69. The molecule has 6 heteroatoms. The van der Waals surface area contributed by atoms with Gasteiger partial charge in [0.25, 0.3) is 0 Å². The van der Waals surface area contributed by atoms with E-state index in [1.54, 1.807) is 0 Å². The molecule has 0 bridgehead atoms. The van der Waals surface area contributed by atoms with Crippen molar-refractivity contribution in [2.45, 2.75) is 32.2 Å². The van der Waals surface area contributed by atoms with Crippen LogP contribution in [-0.2, 0) is 11.2 Å². The van der Waals surface area contributed by atoms with Gasteiger partial charge in [0.05, 0.1) is 0 Å². The number of imidazole rings is 1. The Balaban J connectivity index is 2.03. The third-order valence-electron chi connectivity index (χ3n) is 4.24. The number of pyridine rings is 1. The second-order valence-electron chi connectivity index (χ2n) is 5.52. The molecule has 0 N–H and O–H groups in total. The van der Waals surface area contributed by atoms with Gasteiger partial charge in [0.2, 0.25) is 0 Å². The van der Waals surface area contributed by atoms with Crippen LogP contribution in [0.3, 0.4) is 0 Å². The molecule has 21 heavy (non-hydrogen) atoms. The van der Waals surface area contributed by atoms with Gasteiger partial charge in [-0.2, -0.15) is 0 Å². The fraction of sp³-hybridized carbons (Fsp3) is 0.600. The molecule has 1 atom stereocenters. The Kier molecular flexibility index (Phi) is 4.82. The van der Waals surface area contributed by atoms with Crippen LogP contribution in [0, 0.1) is 5.92 Å². The average molecular weight is 373 g/mol. The lowest BCUT2D eigenvalue weighted by Gasteiger charge is -2.29. The summed E-state index contributed by atoms with van der Waals surface area (Å²) in [4.78, 5) is 9.31. The molecular weight excluding hydrogens is 354 g/mol. The highest BCUT2D eigenvalue weighted by Gasteiger charge is 2.25. The third-order valence-corrected chi connectivity index (χ3v) is 4.87. The molecular formula is C15H19BrClN3O. The number of halogens is 2. The van der Waals surface area contributed by atoms with Crippen LogP contribution in [0.15, 0.2) is 16.7 Å². The molecule has 0 saturated carbocycles. The summed E-state index contributed by atoms with van der Waals surface area (Å²) in [6.07, 6.45) is 4.79. The van der Waals surface area contributed by atoms with E-state index in [1.165, 1.54) is 0 Å². The van der Waals surface area contributed by atoms with Crippen LogP contribution in [0.5, 0.6) is 0 Å². The second kappa shape index (κ2) is 6.63. The van der Waals surface area contributed by atoms with Crippen molar-refractivity contribution in [3.63, 3.8) is 0 Å². The van der Waals surface area contributed by atoms with Crippen molar-refractivity contribution in [3.05, 3.63) is 22.6 Å². The molecule has 2 aromatic rings. The van der Waals surface area contributed by atoms with Crippen molar-refractivity contribution in [2.75, 3.05) is 19.1 Å². The van der Waals surface area contributed by atoms with Gasteiger partial charge in [-0.25, -0.2) is 9.97 Å². The number of ether oxygens (including phenoxy) is 1. The van der Waals surface area contributed by atoms with Crippen molar-refractivity contribution in [3.8, 4) is 0 Å². The topological polar surface area (TPSA) is 39.9 Å². The van der Waals surface area contributed by atoms with Crippen LogP contribution in [0.1, 0.15) is 31.6 Å². The van der Waals surface area contributed by atoms with Crippen LogP contribution < -0.4 is 0 Å². The van der Waals surface area contributed by atoms with Gasteiger partial charge in [0.15, 0.2) is 5.65 Å². The van der Waals surface area contributed by atoms with Crippen molar-refractivity contribution in [1.82, 2.24) is 14.5 Å². The van der Waals surface area contributed by atoms with Gasteiger partial charge < -0.3 is 9.30 Å². The van der Waals surface area contributed by atoms with E-state index >= 15 is 0 Å². The molecule has 1 fully saturated rings. The zero-order valence-electron chi connectivity index (χ0n) is 12.1. The number of aryl methyl sites for hydroxylation is 1. The Bertz CT molecular complexity index is 625. The van der Waals surface area contributed by atoms with E-state index in [4.69, 9.17) is 21.3 Å². The minimum absolute atomic E-state index is 0.366. The summed E-state index contributed by atoms with van der Waals surface area (Å²) in [5.74, 6) is 2.21. The predicted octanol–water partition coefficient (Wildman–Crippen LogP) is 3.96. The number of fused-ring (bicyclic) bond motifs is 1. The fourth-order valence-corrected chi connectivity index (χ4v) is 3.59. The zero-order chi connectivity index (χ0) is 14.8. The van der Waals surface area contributed by atoms with Crippen LogP contribution in [0.4, 0.5) is 0 Å². The molecule has 0 aromatic carbocycles. The summed E-state index contributed by atoms with van der Waals surface area (Å²) in [5, 5.41) is 0. The van der Waals surface area contributed by atoms with E-state index in [0.29, 0.717) is 17.8 Å².